The fourth-order valence-corrected chi connectivity index (χ4v) is 3.89. The molecule has 18 heavy (non-hydrogen) atoms. The summed E-state index contributed by atoms with van der Waals surface area (Å²) < 4.78 is 5.94. The molecule has 0 spiro atoms. The summed E-state index contributed by atoms with van der Waals surface area (Å²) in [6, 6.07) is 10.1. The zero-order valence-electron chi connectivity index (χ0n) is 10.5. The molecule has 1 aromatic rings. The summed E-state index contributed by atoms with van der Waals surface area (Å²) in [5, 5.41) is 0. The van der Waals surface area contributed by atoms with E-state index in [1.54, 1.807) is 0 Å². The van der Waals surface area contributed by atoms with Crippen LogP contribution in [-0.2, 0) is 9.53 Å². The van der Waals surface area contributed by atoms with Crippen molar-refractivity contribution >= 4 is 5.91 Å². The van der Waals surface area contributed by atoms with Crippen LogP contribution in [0.4, 0.5) is 0 Å². The molecule has 1 amide bonds. The molecule has 1 aromatic carbocycles. The number of carbonyl (C=O) groups is 1. The minimum Gasteiger partial charge on any atom is -0.351 e. The van der Waals surface area contributed by atoms with Crippen molar-refractivity contribution in [1.82, 2.24) is 4.90 Å². The maximum absolute atomic E-state index is 12.5. The Hall–Kier alpha value is -1.35. The van der Waals surface area contributed by atoms with E-state index in [-0.39, 0.29) is 17.7 Å². The summed E-state index contributed by atoms with van der Waals surface area (Å²) in [5.41, 5.74) is 1.02. The molecule has 4 rings (SSSR count). The Morgan fingerprint density at radius 1 is 1.28 bits per heavy atom. The summed E-state index contributed by atoms with van der Waals surface area (Å²) in [5.74, 6) is 1.09. The monoisotopic (exact) mass is 243 g/mol. The highest BCUT2D eigenvalue weighted by molar-refractivity contribution is 5.85. The van der Waals surface area contributed by atoms with E-state index in [4.69, 9.17) is 4.74 Å². The molecule has 1 unspecified atom stereocenters. The van der Waals surface area contributed by atoms with Gasteiger partial charge in [0.2, 0.25) is 5.91 Å². The van der Waals surface area contributed by atoms with E-state index in [2.05, 4.69) is 6.92 Å². The van der Waals surface area contributed by atoms with Gasteiger partial charge in [0.1, 0.15) is 0 Å². The number of hydrogen-bond donors (Lipinski definition) is 0. The second-order valence-electron chi connectivity index (χ2n) is 5.93. The van der Waals surface area contributed by atoms with Gasteiger partial charge in [-0.1, -0.05) is 30.3 Å². The van der Waals surface area contributed by atoms with E-state index in [9.17, 15) is 4.79 Å². The van der Waals surface area contributed by atoms with Crippen molar-refractivity contribution < 1.29 is 9.53 Å². The number of benzene rings is 1. The number of amides is 1. The first-order valence-electron chi connectivity index (χ1n) is 6.71. The summed E-state index contributed by atoms with van der Waals surface area (Å²) in [4.78, 5) is 14.5. The minimum absolute atomic E-state index is 0.0689. The molecular formula is C15H17NO2. The minimum atomic E-state index is -0.172. The molecule has 3 fully saturated rings. The van der Waals surface area contributed by atoms with Gasteiger partial charge in [0.05, 0.1) is 12.1 Å². The number of hydrogen-bond acceptors (Lipinski definition) is 2. The van der Waals surface area contributed by atoms with Crippen LogP contribution in [0.2, 0.25) is 0 Å². The molecule has 1 saturated carbocycles. The molecule has 3 nitrogen and oxygen atoms in total. The molecule has 2 aliphatic heterocycles. The normalized spacial score (nSPS) is 41.5. The van der Waals surface area contributed by atoms with Gasteiger partial charge in [-0.2, -0.15) is 0 Å². The average molecular weight is 243 g/mol. The standard InChI is InChI=1S/C15H17NO2/c1-15-9-18-14(10-5-3-2-4-6-10)16(15)13(17)11-7-8-12(11)15/h2-6,11-12,14H,7-9H2,1H3/t11-,12?,14+,15+/m1/s1. The quantitative estimate of drug-likeness (QED) is 0.757. The van der Waals surface area contributed by atoms with Gasteiger partial charge in [-0.25, -0.2) is 0 Å². The summed E-state index contributed by atoms with van der Waals surface area (Å²) in [6.07, 6.45) is 2.07. The number of nitrogens with zero attached hydrogens (tertiary/aromatic N) is 1. The molecule has 4 atom stereocenters. The van der Waals surface area contributed by atoms with Crippen LogP contribution in [0.5, 0.6) is 0 Å². The Morgan fingerprint density at radius 2 is 2.06 bits per heavy atom. The average Bonchev–Trinajstić information content (AvgIpc) is 2.72. The molecule has 2 heterocycles. The predicted molar refractivity (Wildman–Crippen MR) is 66.6 cm³/mol. The molecule has 2 saturated heterocycles. The number of fused-ring (bicyclic) bond motifs is 3. The van der Waals surface area contributed by atoms with E-state index >= 15 is 0 Å². The van der Waals surface area contributed by atoms with Gasteiger partial charge in [0.25, 0.3) is 0 Å². The van der Waals surface area contributed by atoms with Crippen LogP contribution in [0.15, 0.2) is 30.3 Å². The Labute approximate surface area is 107 Å². The molecule has 3 aliphatic rings. The van der Waals surface area contributed by atoms with Gasteiger partial charge >= 0.3 is 0 Å². The second kappa shape index (κ2) is 3.35. The fraction of sp³-hybridized carbons (Fsp3) is 0.533. The van der Waals surface area contributed by atoms with Crippen LogP contribution in [0, 0.1) is 11.8 Å². The molecule has 94 valence electrons. The van der Waals surface area contributed by atoms with Gasteiger partial charge in [-0.3, -0.25) is 4.79 Å². The number of rotatable bonds is 1. The van der Waals surface area contributed by atoms with Gasteiger partial charge < -0.3 is 9.64 Å². The first-order chi connectivity index (χ1) is 8.72. The molecule has 0 aromatic heterocycles. The van der Waals surface area contributed by atoms with Gasteiger partial charge in [-0.05, 0) is 25.7 Å². The molecular weight excluding hydrogens is 226 g/mol. The van der Waals surface area contributed by atoms with Crippen molar-refractivity contribution in [3.63, 3.8) is 0 Å². The Kier molecular flexibility index (Phi) is 1.97. The van der Waals surface area contributed by atoms with Gasteiger partial charge in [-0.15, -0.1) is 0 Å². The number of ether oxygens (including phenoxy) is 1. The Morgan fingerprint density at radius 3 is 2.72 bits per heavy atom. The molecule has 0 bridgehead atoms. The second-order valence-corrected chi connectivity index (χ2v) is 5.93. The zero-order chi connectivity index (χ0) is 12.3. The van der Waals surface area contributed by atoms with E-state index in [0.717, 1.165) is 12.0 Å². The lowest BCUT2D eigenvalue weighted by molar-refractivity contribution is -0.139. The third kappa shape index (κ3) is 1.11. The van der Waals surface area contributed by atoms with Crippen LogP contribution in [0.1, 0.15) is 31.6 Å². The van der Waals surface area contributed by atoms with Crippen molar-refractivity contribution in [3.8, 4) is 0 Å². The van der Waals surface area contributed by atoms with E-state index in [1.165, 1.54) is 6.42 Å². The van der Waals surface area contributed by atoms with Crippen molar-refractivity contribution in [1.29, 1.82) is 0 Å². The van der Waals surface area contributed by atoms with Crippen LogP contribution < -0.4 is 0 Å². The van der Waals surface area contributed by atoms with Gasteiger partial charge in [0, 0.05) is 11.5 Å². The molecule has 1 aliphatic carbocycles. The smallest absolute Gasteiger partial charge is 0.228 e. The zero-order valence-corrected chi connectivity index (χ0v) is 10.5. The third-order valence-corrected chi connectivity index (χ3v) is 5.03. The van der Waals surface area contributed by atoms with E-state index < -0.39 is 0 Å². The first-order valence-corrected chi connectivity index (χ1v) is 6.71. The lowest BCUT2D eigenvalue weighted by Gasteiger charge is -2.37. The summed E-state index contributed by atoms with van der Waals surface area (Å²) >= 11 is 0. The predicted octanol–water partition coefficient (Wildman–Crippen LogP) is 2.34. The molecule has 0 N–H and O–H groups in total. The Bertz CT molecular complexity index is 500. The highest BCUT2D eigenvalue weighted by Crippen LogP contribution is 2.57. The largest absolute Gasteiger partial charge is 0.351 e. The van der Waals surface area contributed by atoms with Crippen molar-refractivity contribution in [2.24, 2.45) is 11.8 Å². The highest BCUT2D eigenvalue weighted by Gasteiger charge is 2.64. The van der Waals surface area contributed by atoms with E-state index in [1.807, 2.05) is 35.2 Å². The van der Waals surface area contributed by atoms with Crippen LogP contribution in [0.3, 0.4) is 0 Å². The fourth-order valence-electron chi connectivity index (χ4n) is 3.89. The topological polar surface area (TPSA) is 29.5 Å². The van der Waals surface area contributed by atoms with Crippen LogP contribution in [0.25, 0.3) is 0 Å². The van der Waals surface area contributed by atoms with Crippen molar-refractivity contribution in [2.75, 3.05) is 6.61 Å². The highest BCUT2D eigenvalue weighted by atomic mass is 16.5. The maximum atomic E-state index is 12.5. The third-order valence-electron chi connectivity index (χ3n) is 5.03. The van der Waals surface area contributed by atoms with Crippen LogP contribution >= 0.6 is 0 Å². The van der Waals surface area contributed by atoms with Crippen molar-refractivity contribution in [3.05, 3.63) is 35.9 Å². The van der Waals surface area contributed by atoms with Gasteiger partial charge in [0.15, 0.2) is 6.23 Å². The number of carbonyl (C=O) groups excluding carboxylic acids is 1. The van der Waals surface area contributed by atoms with E-state index in [0.29, 0.717) is 18.4 Å². The lowest BCUT2D eigenvalue weighted by atomic mass is 9.68. The summed E-state index contributed by atoms with van der Waals surface area (Å²) in [6.45, 7) is 2.87. The summed E-state index contributed by atoms with van der Waals surface area (Å²) in [7, 11) is 0. The van der Waals surface area contributed by atoms with Crippen molar-refractivity contribution in [2.45, 2.75) is 31.5 Å². The first kappa shape index (κ1) is 10.6. The van der Waals surface area contributed by atoms with Crippen LogP contribution in [-0.4, -0.2) is 23.0 Å². The molecule has 0 radical (unpaired) electrons. The maximum Gasteiger partial charge on any atom is 0.228 e. The molecule has 3 heteroatoms. The SMILES string of the molecule is C[C@@]12CO[C@@H](c3ccccc3)N1C(=O)[C@@H]1CCC12. The lowest BCUT2D eigenvalue weighted by Crippen LogP contribution is -2.45. The Balaban J connectivity index is 1.75.